The highest BCUT2D eigenvalue weighted by atomic mass is 35.5. The minimum absolute atomic E-state index is 0.0281. The second-order valence-corrected chi connectivity index (χ2v) is 8.36. The third-order valence-corrected chi connectivity index (χ3v) is 5.81. The number of rotatable bonds is 8. The topological polar surface area (TPSA) is 123 Å². The second-order valence-electron chi connectivity index (χ2n) is 7.95. The summed E-state index contributed by atoms with van der Waals surface area (Å²) >= 11 is 5.83. The molecule has 0 aliphatic heterocycles. The van der Waals surface area contributed by atoms with Gasteiger partial charge in [0.1, 0.15) is 12.4 Å². The predicted octanol–water partition coefficient (Wildman–Crippen LogP) is 2.19. The van der Waals surface area contributed by atoms with Gasteiger partial charge in [0.25, 0.3) is 5.91 Å². The van der Waals surface area contributed by atoms with Gasteiger partial charge in [-0.2, -0.15) is 5.10 Å². The van der Waals surface area contributed by atoms with E-state index in [-0.39, 0.29) is 41.3 Å². The van der Waals surface area contributed by atoms with Crippen LogP contribution in [0.25, 0.3) is 10.9 Å². The number of aromatic nitrogens is 3. The van der Waals surface area contributed by atoms with Gasteiger partial charge in [-0.15, -0.1) is 0 Å². The third-order valence-electron chi connectivity index (χ3n) is 5.52. The quantitative estimate of drug-likeness (QED) is 0.520. The van der Waals surface area contributed by atoms with Crippen molar-refractivity contribution in [1.29, 1.82) is 0 Å². The average molecular weight is 473 g/mol. The van der Waals surface area contributed by atoms with Gasteiger partial charge in [-0.05, 0) is 31.9 Å². The lowest BCUT2D eigenvalue weighted by Gasteiger charge is -2.23. The van der Waals surface area contributed by atoms with Crippen LogP contribution in [0.2, 0.25) is 5.02 Å². The summed E-state index contributed by atoms with van der Waals surface area (Å²) in [6.07, 6.45) is 4.57. The van der Waals surface area contributed by atoms with E-state index < -0.39 is 23.7 Å². The molecule has 11 heteroatoms. The summed E-state index contributed by atoms with van der Waals surface area (Å²) in [6.45, 7) is 1.28. The Labute approximate surface area is 193 Å². The molecule has 9 nitrogen and oxygen atoms in total. The van der Waals surface area contributed by atoms with Crippen LogP contribution >= 0.6 is 11.6 Å². The molecule has 172 valence electrons. The highest BCUT2D eigenvalue weighted by Crippen LogP contribution is 2.28. The number of benzene rings is 1. The standard InChI is InChI=1S/C22H22ClFN6O3/c1-12(14-3-2-4-16(23)20(14)24)27-18(31)10-29(13-5-6-13)19(32)11-30-17-9-26-8-7-15(17)21(28-30)22(25)33/h2-4,7-9,12-13H,5-6,10-11H2,1H3,(H2,25,33)(H,27,31)/t12-/m0/s1. The zero-order valence-corrected chi connectivity index (χ0v) is 18.6. The Hall–Kier alpha value is -3.53. The number of pyridine rings is 1. The van der Waals surface area contributed by atoms with Crippen molar-refractivity contribution in [3.05, 3.63) is 58.8 Å². The molecule has 0 spiro atoms. The summed E-state index contributed by atoms with van der Waals surface area (Å²) in [6, 6.07) is 5.49. The number of fused-ring (bicyclic) bond motifs is 1. The lowest BCUT2D eigenvalue weighted by Crippen LogP contribution is -2.44. The molecule has 0 radical (unpaired) electrons. The van der Waals surface area contributed by atoms with Gasteiger partial charge in [-0.3, -0.25) is 24.0 Å². The van der Waals surface area contributed by atoms with Crippen molar-refractivity contribution in [2.45, 2.75) is 38.4 Å². The number of nitrogens with one attached hydrogen (secondary N) is 1. The number of hydrogen-bond acceptors (Lipinski definition) is 5. The van der Waals surface area contributed by atoms with Gasteiger partial charge in [-0.1, -0.05) is 23.7 Å². The maximum absolute atomic E-state index is 14.3. The largest absolute Gasteiger partial charge is 0.364 e. The number of amides is 3. The molecule has 33 heavy (non-hydrogen) atoms. The van der Waals surface area contributed by atoms with Gasteiger partial charge in [0.15, 0.2) is 5.69 Å². The van der Waals surface area contributed by atoms with E-state index in [1.165, 1.54) is 28.0 Å². The summed E-state index contributed by atoms with van der Waals surface area (Å²) in [7, 11) is 0. The smallest absolute Gasteiger partial charge is 0.269 e. The van der Waals surface area contributed by atoms with Crippen molar-refractivity contribution in [3.8, 4) is 0 Å². The molecule has 1 atom stereocenters. The molecule has 4 rings (SSSR count). The summed E-state index contributed by atoms with van der Waals surface area (Å²) in [5.74, 6) is -2.06. The second kappa shape index (κ2) is 9.14. The minimum Gasteiger partial charge on any atom is -0.364 e. The maximum atomic E-state index is 14.3. The van der Waals surface area contributed by atoms with Gasteiger partial charge in [0, 0.05) is 23.2 Å². The fraction of sp³-hybridized carbons (Fsp3) is 0.318. The van der Waals surface area contributed by atoms with Gasteiger partial charge in [0.05, 0.1) is 29.3 Å². The zero-order valence-electron chi connectivity index (χ0n) is 17.8. The summed E-state index contributed by atoms with van der Waals surface area (Å²) in [5, 5.41) is 7.37. The Morgan fingerprint density at radius 3 is 2.79 bits per heavy atom. The number of carbonyl (C=O) groups is 3. The predicted molar refractivity (Wildman–Crippen MR) is 119 cm³/mol. The molecular weight excluding hydrogens is 451 g/mol. The fourth-order valence-electron chi connectivity index (χ4n) is 3.72. The number of nitrogens with two attached hydrogens (primary N) is 1. The molecule has 1 fully saturated rings. The van der Waals surface area contributed by atoms with E-state index in [0.29, 0.717) is 10.9 Å². The summed E-state index contributed by atoms with van der Waals surface area (Å²) < 4.78 is 15.6. The van der Waals surface area contributed by atoms with Gasteiger partial charge < -0.3 is 16.0 Å². The zero-order chi connectivity index (χ0) is 23.7. The molecular formula is C22H22ClFN6O3. The molecule has 0 saturated heterocycles. The van der Waals surface area contributed by atoms with Crippen LogP contribution in [0.1, 0.15) is 41.9 Å². The van der Waals surface area contributed by atoms with Crippen molar-refractivity contribution < 1.29 is 18.8 Å². The summed E-state index contributed by atoms with van der Waals surface area (Å²) in [4.78, 5) is 43.0. The van der Waals surface area contributed by atoms with Crippen LogP contribution in [-0.4, -0.2) is 50.0 Å². The van der Waals surface area contributed by atoms with Crippen LogP contribution in [0, 0.1) is 5.82 Å². The number of primary amides is 1. The Morgan fingerprint density at radius 2 is 2.09 bits per heavy atom. The highest BCUT2D eigenvalue weighted by molar-refractivity contribution is 6.30. The van der Waals surface area contributed by atoms with E-state index in [0.717, 1.165) is 12.8 Å². The maximum Gasteiger partial charge on any atom is 0.269 e. The fourth-order valence-corrected chi connectivity index (χ4v) is 3.91. The molecule has 3 N–H and O–H groups in total. The number of halogens is 2. The van der Waals surface area contributed by atoms with Gasteiger partial charge in [-0.25, -0.2) is 4.39 Å². The molecule has 1 aliphatic carbocycles. The van der Waals surface area contributed by atoms with E-state index >= 15 is 0 Å². The van der Waals surface area contributed by atoms with Crippen LogP contribution < -0.4 is 11.1 Å². The first-order valence-electron chi connectivity index (χ1n) is 10.4. The molecule has 2 heterocycles. The Balaban J connectivity index is 1.47. The normalized spacial score (nSPS) is 14.2. The molecule has 0 bridgehead atoms. The van der Waals surface area contributed by atoms with E-state index in [9.17, 15) is 18.8 Å². The molecule has 0 unspecified atom stereocenters. The van der Waals surface area contributed by atoms with E-state index in [2.05, 4.69) is 15.4 Å². The van der Waals surface area contributed by atoms with Crippen LogP contribution in [0.15, 0.2) is 36.7 Å². The SMILES string of the molecule is C[C@H](NC(=O)CN(C(=O)Cn1nc(C(N)=O)c2ccncc21)C1CC1)c1cccc(Cl)c1F. The lowest BCUT2D eigenvalue weighted by atomic mass is 10.1. The molecule has 3 aromatic rings. The molecule has 1 aliphatic rings. The highest BCUT2D eigenvalue weighted by Gasteiger charge is 2.34. The van der Waals surface area contributed by atoms with Crippen LogP contribution in [0.3, 0.4) is 0 Å². The Kier molecular flexibility index (Phi) is 6.28. The Bertz CT molecular complexity index is 1240. The lowest BCUT2D eigenvalue weighted by molar-refractivity contribution is -0.137. The van der Waals surface area contributed by atoms with Crippen LogP contribution in [0.5, 0.6) is 0 Å². The molecule has 3 amide bonds. The monoisotopic (exact) mass is 472 g/mol. The third kappa shape index (κ3) is 4.80. The van der Waals surface area contributed by atoms with Crippen LogP contribution in [-0.2, 0) is 16.1 Å². The molecule has 1 aromatic carbocycles. The molecule has 1 saturated carbocycles. The van der Waals surface area contributed by atoms with E-state index in [4.69, 9.17) is 17.3 Å². The van der Waals surface area contributed by atoms with Crippen molar-refractivity contribution in [2.24, 2.45) is 5.73 Å². The average Bonchev–Trinajstić information content (AvgIpc) is 3.55. The van der Waals surface area contributed by atoms with E-state index in [1.807, 2.05) is 0 Å². The van der Waals surface area contributed by atoms with E-state index in [1.54, 1.807) is 25.1 Å². The number of nitrogens with zero attached hydrogens (tertiary/aromatic N) is 4. The first kappa shape index (κ1) is 22.7. The Morgan fingerprint density at radius 1 is 1.33 bits per heavy atom. The van der Waals surface area contributed by atoms with Crippen molar-refractivity contribution in [3.63, 3.8) is 0 Å². The molecule has 2 aromatic heterocycles. The first-order chi connectivity index (χ1) is 15.8. The minimum atomic E-state index is -0.710. The van der Waals surface area contributed by atoms with Crippen LogP contribution in [0.4, 0.5) is 4.39 Å². The van der Waals surface area contributed by atoms with Crippen molar-refractivity contribution >= 4 is 40.2 Å². The first-order valence-corrected chi connectivity index (χ1v) is 10.8. The van der Waals surface area contributed by atoms with Gasteiger partial charge in [0.2, 0.25) is 11.8 Å². The van der Waals surface area contributed by atoms with Crippen molar-refractivity contribution in [1.82, 2.24) is 25.0 Å². The number of carbonyl (C=O) groups excluding carboxylic acids is 3. The van der Waals surface area contributed by atoms with Crippen molar-refractivity contribution in [2.75, 3.05) is 6.54 Å². The van der Waals surface area contributed by atoms with Gasteiger partial charge >= 0.3 is 0 Å². The number of hydrogen-bond donors (Lipinski definition) is 2. The summed E-state index contributed by atoms with van der Waals surface area (Å²) in [5.41, 5.74) is 6.20.